The van der Waals surface area contributed by atoms with Crippen molar-refractivity contribution in [1.82, 2.24) is 0 Å². The van der Waals surface area contributed by atoms with Gasteiger partial charge in [-0.2, -0.15) is 0 Å². The molecular formula is C9H13BO3. The Morgan fingerprint density at radius 1 is 1.08 bits per heavy atom. The van der Waals surface area contributed by atoms with Gasteiger partial charge in [-0.05, 0) is 18.5 Å². The molecule has 0 unspecified atom stereocenters. The standard InChI is InChI=1S/C7H7BO3.C2H6/c1-3-5(9)2-4(8)7(11)6(3)10;1-2/h2,9-11H,1H3;1-2H3. The van der Waals surface area contributed by atoms with Crippen molar-refractivity contribution in [1.29, 1.82) is 0 Å². The van der Waals surface area contributed by atoms with Crippen molar-refractivity contribution < 1.29 is 15.3 Å². The summed E-state index contributed by atoms with van der Waals surface area (Å²) >= 11 is 0. The number of hydrogen-bond acceptors (Lipinski definition) is 3. The molecule has 0 spiro atoms. The molecule has 0 heterocycles. The van der Waals surface area contributed by atoms with E-state index in [4.69, 9.17) is 23.2 Å². The molecule has 1 aromatic carbocycles. The number of benzene rings is 1. The molecule has 0 aliphatic heterocycles. The molecule has 4 heteroatoms. The summed E-state index contributed by atoms with van der Waals surface area (Å²) < 4.78 is 0. The predicted octanol–water partition coefficient (Wildman–Crippen LogP) is 0.932. The lowest BCUT2D eigenvalue weighted by molar-refractivity contribution is 0.395. The van der Waals surface area contributed by atoms with Crippen LogP contribution in [0.1, 0.15) is 19.4 Å². The van der Waals surface area contributed by atoms with Crippen molar-refractivity contribution in [3.63, 3.8) is 0 Å². The Labute approximate surface area is 79.1 Å². The number of phenolic OH excluding ortho intramolecular Hbond substituents is 3. The third kappa shape index (κ3) is 2.31. The van der Waals surface area contributed by atoms with Gasteiger partial charge in [0, 0.05) is 5.56 Å². The van der Waals surface area contributed by atoms with Gasteiger partial charge in [0.15, 0.2) is 11.5 Å². The topological polar surface area (TPSA) is 60.7 Å². The highest BCUT2D eigenvalue weighted by atomic mass is 16.3. The van der Waals surface area contributed by atoms with Crippen molar-refractivity contribution in [2.24, 2.45) is 0 Å². The van der Waals surface area contributed by atoms with Crippen LogP contribution in [0.5, 0.6) is 17.2 Å². The largest absolute Gasteiger partial charge is 0.508 e. The van der Waals surface area contributed by atoms with Gasteiger partial charge in [-0.1, -0.05) is 13.8 Å². The molecule has 0 aliphatic carbocycles. The fraction of sp³-hybridized carbons (Fsp3) is 0.333. The first-order valence-electron chi connectivity index (χ1n) is 4.04. The molecule has 1 aromatic rings. The Morgan fingerprint density at radius 3 is 2.00 bits per heavy atom. The van der Waals surface area contributed by atoms with Crippen LogP contribution in [-0.2, 0) is 0 Å². The predicted molar refractivity (Wildman–Crippen MR) is 52.9 cm³/mol. The zero-order valence-corrected chi connectivity index (χ0v) is 8.00. The smallest absolute Gasteiger partial charge is 0.163 e. The van der Waals surface area contributed by atoms with Gasteiger partial charge in [0.1, 0.15) is 13.6 Å². The van der Waals surface area contributed by atoms with E-state index in [-0.39, 0.29) is 28.3 Å². The third-order valence-electron chi connectivity index (χ3n) is 1.53. The third-order valence-corrected chi connectivity index (χ3v) is 1.53. The van der Waals surface area contributed by atoms with Gasteiger partial charge < -0.3 is 15.3 Å². The van der Waals surface area contributed by atoms with Gasteiger partial charge in [0.2, 0.25) is 0 Å². The van der Waals surface area contributed by atoms with Crippen molar-refractivity contribution in [2.75, 3.05) is 0 Å². The van der Waals surface area contributed by atoms with Crippen molar-refractivity contribution in [2.45, 2.75) is 20.8 Å². The Hall–Kier alpha value is -1.32. The van der Waals surface area contributed by atoms with Crippen LogP contribution >= 0.6 is 0 Å². The Kier molecular flexibility index (Phi) is 4.18. The van der Waals surface area contributed by atoms with Gasteiger partial charge in [-0.3, -0.25) is 0 Å². The number of aromatic hydroxyl groups is 3. The van der Waals surface area contributed by atoms with Crippen LogP contribution in [0.3, 0.4) is 0 Å². The molecule has 0 atom stereocenters. The van der Waals surface area contributed by atoms with E-state index in [1.165, 1.54) is 13.0 Å². The van der Waals surface area contributed by atoms with Crippen LogP contribution < -0.4 is 5.46 Å². The molecular weight excluding hydrogens is 167 g/mol. The number of rotatable bonds is 0. The summed E-state index contributed by atoms with van der Waals surface area (Å²) in [6.45, 7) is 5.48. The van der Waals surface area contributed by atoms with E-state index in [1.54, 1.807) is 0 Å². The average molecular weight is 180 g/mol. The van der Waals surface area contributed by atoms with Gasteiger partial charge in [-0.25, -0.2) is 0 Å². The van der Waals surface area contributed by atoms with Crippen molar-refractivity contribution >= 4 is 13.3 Å². The molecule has 0 fully saturated rings. The van der Waals surface area contributed by atoms with Crippen LogP contribution in [0, 0.1) is 6.92 Å². The second-order valence-electron chi connectivity index (χ2n) is 2.31. The fourth-order valence-electron chi connectivity index (χ4n) is 0.760. The maximum absolute atomic E-state index is 9.08. The van der Waals surface area contributed by atoms with Crippen LogP contribution in [0.4, 0.5) is 0 Å². The van der Waals surface area contributed by atoms with Crippen LogP contribution in [0.15, 0.2) is 6.07 Å². The van der Waals surface area contributed by atoms with E-state index in [9.17, 15) is 0 Å². The molecule has 3 nitrogen and oxygen atoms in total. The van der Waals surface area contributed by atoms with Crippen molar-refractivity contribution in [3.05, 3.63) is 11.6 Å². The first kappa shape index (κ1) is 11.7. The Bertz CT molecular complexity index is 271. The molecule has 3 N–H and O–H groups in total. The summed E-state index contributed by atoms with van der Waals surface area (Å²) in [6.07, 6.45) is 0. The summed E-state index contributed by atoms with van der Waals surface area (Å²) in [6, 6.07) is 1.18. The summed E-state index contributed by atoms with van der Waals surface area (Å²) in [5, 5.41) is 27.2. The minimum Gasteiger partial charge on any atom is -0.508 e. The van der Waals surface area contributed by atoms with Crippen LogP contribution in [-0.4, -0.2) is 23.2 Å². The zero-order valence-electron chi connectivity index (χ0n) is 8.00. The highest BCUT2D eigenvalue weighted by Gasteiger charge is 2.09. The van der Waals surface area contributed by atoms with E-state index in [2.05, 4.69) is 0 Å². The van der Waals surface area contributed by atoms with Gasteiger partial charge in [-0.15, -0.1) is 0 Å². The lowest BCUT2D eigenvalue weighted by Crippen LogP contribution is -2.02. The first-order chi connectivity index (χ1) is 6.04. The number of hydrogen-bond donors (Lipinski definition) is 3. The second kappa shape index (κ2) is 4.65. The molecule has 0 amide bonds. The van der Waals surface area contributed by atoms with Crippen molar-refractivity contribution in [3.8, 4) is 17.2 Å². The van der Waals surface area contributed by atoms with Gasteiger partial charge >= 0.3 is 0 Å². The van der Waals surface area contributed by atoms with Crippen LogP contribution in [0.2, 0.25) is 0 Å². The molecule has 0 aromatic heterocycles. The number of phenols is 3. The van der Waals surface area contributed by atoms with E-state index in [0.717, 1.165) is 0 Å². The molecule has 2 radical (unpaired) electrons. The summed E-state index contributed by atoms with van der Waals surface area (Å²) in [4.78, 5) is 0. The highest BCUT2D eigenvalue weighted by molar-refractivity contribution is 6.34. The lowest BCUT2D eigenvalue weighted by Gasteiger charge is -2.06. The lowest BCUT2D eigenvalue weighted by atomic mass is 9.93. The Morgan fingerprint density at radius 2 is 1.54 bits per heavy atom. The zero-order chi connectivity index (χ0) is 10.6. The quantitative estimate of drug-likeness (QED) is 0.316. The van der Waals surface area contributed by atoms with E-state index in [0.29, 0.717) is 0 Å². The minimum absolute atomic E-state index is 0.0365. The van der Waals surface area contributed by atoms with Gasteiger partial charge in [0.05, 0.1) is 0 Å². The molecule has 70 valence electrons. The molecule has 0 bridgehead atoms. The molecule has 0 saturated carbocycles. The highest BCUT2D eigenvalue weighted by Crippen LogP contribution is 2.31. The fourth-order valence-corrected chi connectivity index (χ4v) is 0.760. The Balaban J connectivity index is 0.000000671. The summed E-state index contributed by atoms with van der Waals surface area (Å²) in [7, 11) is 5.22. The summed E-state index contributed by atoms with van der Waals surface area (Å²) in [5.41, 5.74) is 0.183. The molecule has 13 heavy (non-hydrogen) atoms. The molecule has 1 rings (SSSR count). The molecule has 0 aliphatic rings. The summed E-state index contributed by atoms with van der Waals surface area (Å²) in [5.74, 6) is -0.888. The molecule has 0 saturated heterocycles. The van der Waals surface area contributed by atoms with Crippen LogP contribution in [0.25, 0.3) is 0 Å². The maximum Gasteiger partial charge on any atom is 0.163 e. The van der Waals surface area contributed by atoms with E-state index >= 15 is 0 Å². The van der Waals surface area contributed by atoms with Gasteiger partial charge in [0.25, 0.3) is 0 Å². The maximum atomic E-state index is 9.08. The monoisotopic (exact) mass is 180 g/mol. The first-order valence-corrected chi connectivity index (χ1v) is 4.04. The normalized spacial score (nSPS) is 8.85. The van der Waals surface area contributed by atoms with E-state index in [1.807, 2.05) is 13.8 Å². The second-order valence-corrected chi connectivity index (χ2v) is 2.31. The minimum atomic E-state index is -0.389. The SMILES string of the molecule is CC.[B]c1cc(O)c(C)c(O)c1O. The van der Waals surface area contributed by atoms with E-state index < -0.39 is 0 Å². The average Bonchev–Trinajstić information content (AvgIpc) is 2.15.